The van der Waals surface area contributed by atoms with Crippen molar-refractivity contribution in [1.29, 1.82) is 0 Å². The van der Waals surface area contributed by atoms with Gasteiger partial charge in [0.1, 0.15) is 0 Å². The first-order valence-corrected chi connectivity index (χ1v) is 10.5. The zero-order valence-corrected chi connectivity index (χ0v) is 16.1. The van der Waals surface area contributed by atoms with Gasteiger partial charge < -0.3 is 0 Å². The number of nitrogens with zero attached hydrogens (tertiary/aromatic N) is 5. The molecule has 4 heterocycles. The lowest BCUT2D eigenvalue weighted by molar-refractivity contribution is 0.325. The Balaban J connectivity index is 1.48. The molecule has 3 aromatic rings. The van der Waals surface area contributed by atoms with Crippen molar-refractivity contribution in [2.24, 2.45) is 14.1 Å². The van der Waals surface area contributed by atoms with Crippen molar-refractivity contribution in [3.8, 4) is 11.1 Å². The van der Waals surface area contributed by atoms with E-state index in [1.807, 2.05) is 51.0 Å². The van der Waals surface area contributed by atoms with Crippen LogP contribution >= 0.6 is 0 Å². The van der Waals surface area contributed by atoms with E-state index in [0.29, 0.717) is 11.4 Å². The number of hydrogen-bond acceptors (Lipinski definition) is 5. The number of fused-ring (bicyclic) bond motifs is 3. The number of aromatic nitrogens is 4. The molecule has 7 nitrogen and oxygen atoms in total. The van der Waals surface area contributed by atoms with Crippen LogP contribution in [0.15, 0.2) is 47.9 Å². The molecule has 0 aliphatic carbocycles. The van der Waals surface area contributed by atoms with Crippen molar-refractivity contribution in [2.75, 3.05) is 13.1 Å². The minimum Gasteiger partial charge on any atom is -0.297 e. The third kappa shape index (κ3) is 2.62. The molecule has 2 atom stereocenters. The molecule has 0 N–H and O–H groups in total. The highest BCUT2D eigenvalue weighted by Gasteiger charge is 2.50. The van der Waals surface area contributed by atoms with Crippen molar-refractivity contribution in [1.82, 2.24) is 24.5 Å². The smallest absolute Gasteiger partial charge is 0.183 e. The summed E-state index contributed by atoms with van der Waals surface area (Å²) in [7, 11) is 0.491. The molecule has 1 saturated heterocycles. The molecule has 8 heteroatoms. The Morgan fingerprint density at radius 3 is 2.52 bits per heavy atom. The second-order valence-electron chi connectivity index (χ2n) is 7.56. The van der Waals surface area contributed by atoms with Crippen LogP contribution in [0.2, 0.25) is 0 Å². The van der Waals surface area contributed by atoms with Gasteiger partial charge in [-0.25, -0.2) is 8.42 Å². The Morgan fingerprint density at radius 1 is 1.04 bits per heavy atom. The largest absolute Gasteiger partial charge is 0.297 e. The minimum absolute atomic E-state index is 0.0262. The summed E-state index contributed by atoms with van der Waals surface area (Å²) in [5.41, 5.74) is 4.09. The Hall–Kier alpha value is -2.45. The average molecular weight is 383 g/mol. The van der Waals surface area contributed by atoms with Crippen LogP contribution in [0.1, 0.15) is 17.0 Å². The molecule has 1 fully saturated rings. The lowest BCUT2D eigenvalue weighted by Gasteiger charge is -2.16. The molecule has 1 aromatic carbocycles. The van der Waals surface area contributed by atoms with E-state index in [9.17, 15) is 8.42 Å². The molecule has 0 unspecified atom stereocenters. The van der Waals surface area contributed by atoms with Gasteiger partial charge in [0.2, 0.25) is 0 Å². The van der Waals surface area contributed by atoms with Gasteiger partial charge >= 0.3 is 0 Å². The zero-order chi connectivity index (χ0) is 18.8. The maximum absolute atomic E-state index is 13.1. The number of aryl methyl sites for hydroxylation is 2. The van der Waals surface area contributed by atoms with Crippen molar-refractivity contribution < 1.29 is 8.42 Å². The zero-order valence-electron chi connectivity index (χ0n) is 15.3. The third-order valence-corrected chi connectivity index (χ3v) is 7.92. The Morgan fingerprint density at radius 2 is 1.81 bits per heavy atom. The van der Waals surface area contributed by atoms with Crippen LogP contribution in [0, 0.1) is 0 Å². The van der Waals surface area contributed by atoms with E-state index < -0.39 is 9.84 Å². The van der Waals surface area contributed by atoms with Gasteiger partial charge in [0.15, 0.2) is 9.84 Å². The van der Waals surface area contributed by atoms with E-state index in [0.717, 1.165) is 35.3 Å². The number of benzene rings is 1. The molecule has 140 valence electrons. The van der Waals surface area contributed by atoms with Gasteiger partial charge in [-0.05, 0) is 23.3 Å². The fourth-order valence-corrected chi connectivity index (χ4v) is 6.61. The molecule has 0 saturated carbocycles. The second kappa shape index (κ2) is 5.77. The second-order valence-corrected chi connectivity index (χ2v) is 9.70. The van der Waals surface area contributed by atoms with Crippen molar-refractivity contribution in [2.45, 2.75) is 22.6 Å². The summed E-state index contributed by atoms with van der Waals surface area (Å²) in [5.74, 6) is 0.0262. The van der Waals surface area contributed by atoms with Crippen LogP contribution in [0.3, 0.4) is 0 Å². The molecule has 2 aromatic heterocycles. The van der Waals surface area contributed by atoms with E-state index in [-0.39, 0.29) is 11.2 Å². The highest BCUT2D eigenvalue weighted by atomic mass is 32.2. The summed E-state index contributed by atoms with van der Waals surface area (Å²) < 4.78 is 29.7. The van der Waals surface area contributed by atoms with E-state index in [1.54, 1.807) is 15.4 Å². The number of rotatable bonds is 3. The summed E-state index contributed by atoms with van der Waals surface area (Å²) in [5, 5.41) is 8.08. The van der Waals surface area contributed by atoms with Gasteiger partial charge in [-0.3, -0.25) is 14.3 Å². The third-order valence-electron chi connectivity index (χ3n) is 5.66. The van der Waals surface area contributed by atoms with E-state index in [4.69, 9.17) is 0 Å². The average Bonchev–Trinajstić information content (AvgIpc) is 3.37. The van der Waals surface area contributed by atoms with Gasteiger partial charge in [0.25, 0.3) is 0 Å². The van der Waals surface area contributed by atoms with Crippen molar-refractivity contribution in [3.05, 3.63) is 54.1 Å². The summed E-state index contributed by atoms with van der Waals surface area (Å²) in [6, 6.07) is 5.71. The first-order chi connectivity index (χ1) is 12.9. The van der Waals surface area contributed by atoms with Gasteiger partial charge in [-0.15, -0.1) is 0 Å². The van der Waals surface area contributed by atoms with Crippen LogP contribution in [0.5, 0.6) is 0 Å². The summed E-state index contributed by atoms with van der Waals surface area (Å²) >= 11 is 0. The lowest BCUT2D eigenvalue weighted by Crippen LogP contribution is -2.25. The van der Waals surface area contributed by atoms with Gasteiger partial charge in [-0.2, -0.15) is 10.2 Å². The van der Waals surface area contributed by atoms with Crippen LogP contribution in [-0.4, -0.2) is 51.2 Å². The topological polar surface area (TPSA) is 73.0 Å². The Kier molecular flexibility index (Phi) is 3.57. The molecule has 2 aliphatic heterocycles. The van der Waals surface area contributed by atoms with Crippen LogP contribution in [0.25, 0.3) is 11.1 Å². The normalized spacial score (nSPS) is 23.5. The summed E-state index contributed by atoms with van der Waals surface area (Å²) in [4.78, 5) is 2.73. The first-order valence-electron chi connectivity index (χ1n) is 8.98. The molecule has 0 amide bonds. The van der Waals surface area contributed by atoms with E-state index in [1.165, 1.54) is 0 Å². The predicted octanol–water partition coefficient (Wildman–Crippen LogP) is 1.58. The first kappa shape index (κ1) is 16.7. The molecule has 0 bridgehead atoms. The van der Waals surface area contributed by atoms with E-state index in [2.05, 4.69) is 15.1 Å². The molecule has 5 rings (SSSR count). The fraction of sp³-hybridized carbons (Fsp3) is 0.368. The van der Waals surface area contributed by atoms with Crippen molar-refractivity contribution in [3.63, 3.8) is 0 Å². The predicted molar refractivity (Wildman–Crippen MR) is 101 cm³/mol. The molecule has 0 spiro atoms. The highest BCUT2D eigenvalue weighted by molar-refractivity contribution is 7.92. The Labute approximate surface area is 158 Å². The maximum atomic E-state index is 13.1. The van der Waals surface area contributed by atoms with Crippen LogP contribution in [-0.2, 0) is 30.5 Å². The van der Waals surface area contributed by atoms with Gasteiger partial charge in [0, 0.05) is 63.2 Å². The Bertz CT molecular complexity index is 1130. The van der Waals surface area contributed by atoms with E-state index >= 15 is 0 Å². The standard InChI is InChI=1S/C19H21N5O2S/c1-22-8-13(6-20-22)9-24-11-17-16-5-14(15-7-21-23(2)10-15)3-4-18(16)27(25,26)19(17)12-24/h3-8,10,17,19H,9,11-12H2,1-2H3/t17-,19-/m1/s1. The SMILES string of the molecule is Cn1cc(CN2C[C@@H]3c4cc(-c5cnn(C)c5)ccc4S(=O)(=O)[C@@H]3C2)cn1. The molecular formula is C19H21N5O2S. The molecule has 27 heavy (non-hydrogen) atoms. The minimum atomic E-state index is -3.28. The number of likely N-dealkylation sites (tertiary alicyclic amines) is 1. The lowest BCUT2D eigenvalue weighted by atomic mass is 9.95. The number of hydrogen-bond donors (Lipinski definition) is 0. The molecule has 0 radical (unpaired) electrons. The summed E-state index contributed by atoms with van der Waals surface area (Å²) in [6.07, 6.45) is 7.59. The summed E-state index contributed by atoms with van der Waals surface area (Å²) in [6.45, 7) is 2.05. The maximum Gasteiger partial charge on any atom is 0.183 e. The number of sulfone groups is 1. The quantitative estimate of drug-likeness (QED) is 0.687. The van der Waals surface area contributed by atoms with Crippen LogP contribution in [0.4, 0.5) is 0 Å². The highest BCUT2D eigenvalue weighted by Crippen LogP contribution is 2.46. The fourth-order valence-electron chi connectivity index (χ4n) is 4.42. The van der Waals surface area contributed by atoms with Gasteiger partial charge in [0.05, 0.1) is 22.5 Å². The van der Waals surface area contributed by atoms with Crippen LogP contribution < -0.4 is 0 Å². The van der Waals surface area contributed by atoms with Gasteiger partial charge in [-0.1, -0.05) is 6.07 Å². The molecular weight excluding hydrogens is 362 g/mol. The molecule has 2 aliphatic rings. The van der Waals surface area contributed by atoms with Crippen molar-refractivity contribution >= 4 is 9.84 Å². The monoisotopic (exact) mass is 383 g/mol.